The number of pyridine rings is 1. The number of amides is 2. The van der Waals surface area contributed by atoms with Crippen LogP contribution in [0, 0.1) is 19.7 Å². The lowest BCUT2D eigenvalue weighted by atomic mass is 9.97. The molecule has 2 aromatic carbocycles. The van der Waals surface area contributed by atoms with Crippen molar-refractivity contribution in [2.45, 2.75) is 20.4 Å². The van der Waals surface area contributed by atoms with Gasteiger partial charge in [0, 0.05) is 11.9 Å². The Morgan fingerprint density at radius 3 is 2.50 bits per heavy atom. The molecule has 0 spiro atoms. The summed E-state index contributed by atoms with van der Waals surface area (Å²) in [5, 5.41) is 2.98. The third kappa shape index (κ3) is 3.72. The molecule has 0 bridgehead atoms. The minimum Gasteiger partial charge on any atom is -0.350 e. The molecule has 1 aliphatic rings. The van der Waals surface area contributed by atoms with Crippen molar-refractivity contribution in [2.24, 2.45) is 0 Å². The molecule has 0 atom stereocenters. The average molecular weight is 401 g/mol. The summed E-state index contributed by atoms with van der Waals surface area (Å²) in [6.07, 6.45) is 1.62. The normalized spacial score (nSPS) is 13.9. The third-order valence-electron chi connectivity index (χ3n) is 4.96. The van der Waals surface area contributed by atoms with Gasteiger partial charge in [0.05, 0.1) is 17.8 Å². The van der Waals surface area contributed by atoms with Crippen molar-refractivity contribution < 1.29 is 14.0 Å². The largest absolute Gasteiger partial charge is 0.350 e. The summed E-state index contributed by atoms with van der Waals surface area (Å²) in [7, 11) is 0. The van der Waals surface area contributed by atoms with E-state index in [-0.39, 0.29) is 17.8 Å². The molecule has 4 rings (SSSR count). The van der Waals surface area contributed by atoms with Crippen molar-refractivity contribution in [3.63, 3.8) is 0 Å². The van der Waals surface area contributed by atoms with Crippen molar-refractivity contribution >= 4 is 23.1 Å². The number of benzene rings is 2. The fourth-order valence-electron chi connectivity index (χ4n) is 3.54. The molecule has 1 aromatic heterocycles. The highest BCUT2D eigenvalue weighted by Crippen LogP contribution is 2.33. The first-order valence-corrected chi connectivity index (χ1v) is 9.54. The van der Waals surface area contributed by atoms with Gasteiger partial charge in [0.25, 0.3) is 11.8 Å². The Morgan fingerprint density at radius 1 is 0.967 bits per heavy atom. The van der Waals surface area contributed by atoms with Crippen LogP contribution in [-0.4, -0.2) is 21.7 Å². The van der Waals surface area contributed by atoms with Crippen LogP contribution >= 0.6 is 0 Å². The van der Waals surface area contributed by atoms with Gasteiger partial charge >= 0.3 is 0 Å². The predicted molar refractivity (Wildman–Crippen MR) is 113 cm³/mol. The van der Waals surface area contributed by atoms with E-state index in [0.717, 1.165) is 11.1 Å². The molecule has 6 heteroatoms. The summed E-state index contributed by atoms with van der Waals surface area (Å²) in [6.45, 7) is 3.92. The summed E-state index contributed by atoms with van der Waals surface area (Å²) in [4.78, 5) is 32.0. The number of halogens is 1. The van der Waals surface area contributed by atoms with E-state index in [9.17, 15) is 14.0 Å². The molecule has 0 unspecified atom stereocenters. The van der Waals surface area contributed by atoms with Gasteiger partial charge < -0.3 is 5.32 Å². The number of imide groups is 1. The molecule has 2 heterocycles. The highest BCUT2D eigenvalue weighted by atomic mass is 19.1. The van der Waals surface area contributed by atoms with Crippen LogP contribution in [-0.2, 0) is 16.1 Å². The van der Waals surface area contributed by atoms with Gasteiger partial charge in [0.1, 0.15) is 11.5 Å². The van der Waals surface area contributed by atoms with Crippen LogP contribution in [0.25, 0.3) is 5.57 Å². The highest BCUT2D eigenvalue weighted by molar-refractivity contribution is 6.36. The smallest absolute Gasteiger partial charge is 0.278 e. The Bertz CT molecular complexity index is 1170. The maximum atomic E-state index is 13.7. The van der Waals surface area contributed by atoms with Gasteiger partial charge in [0.15, 0.2) is 0 Å². The fraction of sp³-hybridized carbons (Fsp3) is 0.125. The van der Waals surface area contributed by atoms with Gasteiger partial charge in [-0.25, -0.2) is 4.39 Å². The van der Waals surface area contributed by atoms with Gasteiger partial charge in [-0.3, -0.25) is 19.5 Å². The zero-order chi connectivity index (χ0) is 21.3. The van der Waals surface area contributed by atoms with Crippen LogP contribution in [0.1, 0.15) is 22.4 Å². The number of hydrogen-bond donors (Lipinski definition) is 1. The SMILES string of the molecule is Cc1ccc(C2=C(Nc3cccc(F)c3)C(=O)N(Cc3ccccn3)C2=O)c(C)c1. The number of hydrogen-bond acceptors (Lipinski definition) is 4. The van der Waals surface area contributed by atoms with E-state index in [2.05, 4.69) is 10.3 Å². The van der Waals surface area contributed by atoms with Crippen molar-refractivity contribution in [1.82, 2.24) is 9.88 Å². The third-order valence-corrected chi connectivity index (χ3v) is 4.96. The highest BCUT2D eigenvalue weighted by Gasteiger charge is 2.39. The van der Waals surface area contributed by atoms with Gasteiger partial charge in [-0.15, -0.1) is 0 Å². The quantitative estimate of drug-likeness (QED) is 0.650. The first kappa shape index (κ1) is 19.5. The minimum absolute atomic E-state index is 0.0568. The number of nitrogens with zero attached hydrogens (tertiary/aromatic N) is 2. The monoisotopic (exact) mass is 401 g/mol. The Labute approximate surface area is 173 Å². The fourth-order valence-corrected chi connectivity index (χ4v) is 3.54. The number of anilines is 1. The molecule has 3 aromatic rings. The van der Waals surface area contributed by atoms with Gasteiger partial charge in [-0.1, -0.05) is 35.9 Å². The summed E-state index contributed by atoms with van der Waals surface area (Å²) in [5.74, 6) is -1.31. The Balaban J connectivity index is 1.79. The van der Waals surface area contributed by atoms with E-state index in [4.69, 9.17) is 0 Å². The van der Waals surface area contributed by atoms with E-state index in [0.29, 0.717) is 16.9 Å². The van der Waals surface area contributed by atoms with E-state index in [1.54, 1.807) is 36.5 Å². The average Bonchev–Trinajstić information content (AvgIpc) is 2.93. The molecule has 0 aliphatic carbocycles. The lowest BCUT2D eigenvalue weighted by Gasteiger charge is -2.15. The van der Waals surface area contributed by atoms with E-state index < -0.39 is 17.6 Å². The lowest BCUT2D eigenvalue weighted by Crippen LogP contribution is -2.32. The van der Waals surface area contributed by atoms with Crippen LogP contribution in [0.3, 0.4) is 0 Å². The molecule has 5 nitrogen and oxygen atoms in total. The number of aryl methyl sites for hydroxylation is 2. The number of aromatic nitrogens is 1. The number of rotatable bonds is 5. The Morgan fingerprint density at radius 2 is 1.80 bits per heavy atom. The van der Waals surface area contributed by atoms with Gasteiger partial charge in [-0.2, -0.15) is 0 Å². The summed E-state index contributed by atoms with van der Waals surface area (Å²) in [6, 6.07) is 16.8. The summed E-state index contributed by atoms with van der Waals surface area (Å²) >= 11 is 0. The molecule has 0 radical (unpaired) electrons. The maximum Gasteiger partial charge on any atom is 0.278 e. The van der Waals surface area contributed by atoms with Crippen LogP contribution in [0.15, 0.2) is 72.6 Å². The zero-order valence-electron chi connectivity index (χ0n) is 16.6. The van der Waals surface area contributed by atoms with E-state index in [1.807, 2.05) is 32.0 Å². The zero-order valence-corrected chi connectivity index (χ0v) is 16.6. The lowest BCUT2D eigenvalue weighted by molar-refractivity contribution is -0.137. The van der Waals surface area contributed by atoms with Crippen LogP contribution in [0.4, 0.5) is 10.1 Å². The second-order valence-corrected chi connectivity index (χ2v) is 7.22. The van der Waals surface area contributed by atoms with E-state index in [1.165, 1.54) is 17.0 Å². The second kappa shape index (κ2) is 7.91. The first-order valence-electron chi connectivity index (χ1n) is 9.54. The van der Waals surface area contributed by atoms with Crippen molar-refractivity contribution in [3.8, 4) is 0 Å². The number of carbonyl (C=O) groups is 2. The first-order chi connectivity index (χ1) is 14.4. The molecule has 1 aliphatic heterocycles. The summed E-state index contributed by atoms with van der Waals surface area (Å²) in [5.41, 5.74) is 4.01. The van der Waals surface area contributed by atoms with Gasteiger partial charge in [0.2, 0.25) is 0 Å². The molecule has 0 fully saturated rings. The van der Waals surface area contributed by atoms with Gasteiger partial charge in [-0.05, 0) is 55.3 Å². The molecule has 2 amide bonds. The Hall–Kier alpha value is -3.80. The summed E-state index contributed by atoms with van der Waals surface area (Å²) < 4.78 is 13.7. The van der Waals surface area contributed by atoms with Crippen molar-refractivity contribution in [3.05, 3.63) is 101 Å². The van der Waals surface area contributed by atoms with Crippen molar-refractivity contribution in [1.29, 1.82) is 0 Å². The standard InChI is InChI=1S/C24H20FN3O2/c1-15-9-10-20(16(2)12-15)21-22(27-18-8-5-6-17(25)13-18)24(30)28(23(21)29)14-19-7-3-4-11-26-19/h3-13,27H,14H2,1-2H3. The topological polar surface area (TPSA) is 62.3 Å². The van der Waals surface area contributed by atoms with Crippen LogP contribution < -0.4 is 5.32 Å². The van der Waals surface area contributed by atoms with E-state index >= 15 is 0 Å². The van der Waals surface area contributed by atoms with Crippen LogP contribution in [0.5, 0.6) is 0 Å². The second-order valence-electron chi connectivity index (χ2n) is 7.22. The molecule has 0 saturated carbocycles. The minimum atomic E-state index is -0.468. The Kier molecular flexibility index (Phi) is 5.14. The predicted octanol–water partition coefficient (Wildman–Crippen LogP) is 4.23. The van der Waals surface area contributed by atoms with Crippen LogP contribution in [0.2, 0.25) is 0 Å². The molecule has 30 heavy (non-hydrogen) atoms. The maximum absolute atomic E-state index is 13.7. The number of nitrogens with one attached hydrogen (secondary N) is 1. The van der Waals surface area contributed by atoms with Crippen molar-refractivity contribution in [2.75, 3.05) is 5.32 Å². The molecule has 0 saturated heterocycles. The molecule has 150 valence electrons. The molecule has 1 N–H and O–H groups in total. The number of carbonyl (C=O) groups excluding carboxylic acids is 2. The molecular weight excluding hydrogens is 381 g/mol. The molecular formula is C24H20FN3O2.